The lowest BCUT2D eigenvalue weighted by atomic mass is 9.91. The number of nitrogens with zero attached hydrogens (tertiary/aromatic N) is 1. The van der Waals surface area contributed by atoms with Crippen molar-refractivity contribution >= 4 is 17.7 Å². The molecular formula is C29H40F3N5O3. The summed E-state index contributed by atoms with van der Waals surface area (Å²) in [5, 5.41) is 5.56. The lowest BCUT2D eigenvalue weighted by molar-refractivity contribution is -0.137. The molecule has 0 bridgehead atoms. The minimum absolute atomic E-state index is 0.0870. The number of halogens is 3. The van der Waals surface area contributed by atoms with Crippen LogP contribution in [0.15, 0.2) is 48.5 Å². The molecule has 8 nitrogen and oxygen atoms in total. The fraction of sp³-hybridized carbons (Fsp3) is 0.483. The third-order valence-corrected chi connectivity index (χ3v) is 6.67. The maximum absolute atomic E-state index is 13.9. The highest BCUT2D eigenvalue weighted by Gasteiger charge is 2.31. The van der Waals surface area contributed by atoms with Crippen molar-refractivity contribution in [1.29, 1.82) is 0 Å². The van der Waals surface area contributed by atoms with Gasteiger partial charge in [0.25, 0.3) is 6.43 Å². The summed E-state index contributed by atoms with van der Waals surface area (Å²) in [4.78, 5) is 40.7. The largest absolute Gasteiger partial charge is 0.345 e. The van der Waals surface area contributed by atoms with Gasteiger partial charge in [-0.1, -0.05) is 43.3 Å². The van der Waals surface area contributed by atoms with Gasteiger partial charge in [0.15, 0.2) is 0 Å². The molecule has 0 aliphatic rings. The van der Waals surface area contributed by atoms with Crippen LogP contribution >= 0.6 is 0 Å². The number of hydrogen-bond donors (Lipinski definition) is 4. The molecule has 6 N–H and O–H groups in total. The third kappa shape index (κ3) is 9.63. The molecule has 2 aromatic carbocycles. The quantitative estimate of drug-likeness (QED) is 0.265. The van der Waals surface area contributed by atoms with E-state index in [9.17, 15) is 27.6 Å². The molecule has 0 heterocycles. The van der Waals surface area contributed by atoms with Crippen molar-refractivity contribution in [1.82, 2.24) is 15.5 Å². The van der Waals surface area contributed by atoms with Crippen LogP contribution < -0.4 is 22.1 Å². The first-order valence-electron chi connectivity index (χ1n) is 13.3. The second-order valence-electron chi connectivity index (χ2n) is 10.3. The lowest BCUT2D eigenvalue weighted by Gasteiger charge is -2.30. The number of carbonyl (C=O) groups is 3. The summed E-state index contributed by atoms with van der Waals surface area (Å²) >= 11 is 0. The Morgan fingerprint density at radius 2 is 1.60 bits per heavy atom. The zero-order chi connectivity index (χ0) is 29.9. The van der Waals surface area contributed by atoms with Crippen molar-refractivity contribution in [2.45, 2.75) is 58.0 Å². The number of nitrogens with one attached hydrogen (secondary N) is 2. The van der Waals surface area contributed by atoms with Gasteiger partial charge in [0.1, 0.15) is 11.9 Å². The van der Waals surface area contributed by atoms with Crippen molar-refractivity contribution in [3.05, 3.63) is 71.0 Å². The highest BCUT2D eigenvalue weighted by molar-refractivity contribution is 5.90. The summed E-state index contributed by atoms with van der Waals surface area (Å²) in [6.45, 7) is 5.96. The Morgan fingerprint density at radius 1 is 0.975 bits per heavy atom. The molecule has 2 aromatic rings. The molecule has 0 aromatic heterocycles. The Morgan fingerprint density at radius 3 is 2.17 bits per heavy atom. The van der Waals surface area contributed by atoms with E-state index >= 15 is 0 Å². The number of amides is 3. The average molecular weight is 564 g/mol. The SMILES string of the molecule is CC(CC(=O)N(CCN)CCN)C(=O)NC(CCc1ccccc1)C(=O)NC(C)(C)c1ccc(F)c(C(F)F)c1. The van der Waals surface area contributed by atoms with Gasteiger partial charge in [0, 0.05) is 38.5 Å². The lowest BCUT2D eigenvalue weighted by Crippen LogP contribution is -2.53. The fourth-order valence-corrected chi connectivity index (χ4v) is 4.26. The standard InChI is InChI=1S/C29H40F3N5O3/c1-19(17-25(38)37(15-13-33)16-14-34)27(39)35-24(12-9-20-7-5-4-6-8-20)28(40)36-29(2,3)21-10-11-23(30)22(18-21)26(31)32/h4-8,10-11,18-19,24,26H,9,12-17,33-34H2,1-3H3,(H,35,39)(H,36,40). The van der Waals surface area contributed by atoms with Gasteiger partial charge in [-0.2, -0.15) is 0 Å². The molecule has 0 spiro atoms. The minimum atomic E-state index is -3.01. The Balaban J connectivity index is 2.20. The summed E-state index contributed by atoms with van der Waals surface area (Å²) in [5.41, 5.74) is 10.5. The summed E-state index contributed by atoms with van der Waals surface area (Å²) in [5.74, 6) is -3.06. The van der Waals surface area contributed by atoms with E-state index in [0.717, 1.165) is 17.7 Å². The van der Waals surface area contributed by atoms with Crippen molar-refractivity contribution in [2.24, 2.45) is 17.4 Å². The van der Waals surface area contributed by atoms with Crippen LogP contribution in [-0.4, -0.2) is 54.8 Å². The molecule has 11 heteroatoms. The van der Waals surface area contributed by atoms with E-state index in [1.807, 2.05) is 30.3 Å². The number of alkyl halides is 2. The van der Waals surface area contributed by atoms with Crippen molar-refractivity contribution in [2.75, 3.05) is 26.2 Å². The molecular weight excluding hydrogens is 523 g/mol. The monoisotopic (exact) mass is 563 g/mol. The van der Waals surface area contributed by atoms with E-state index in [1.165, 1.54) is 11.0 Å². The predicted molar refractivity (Wildman–Crippen MR) is 148 cm³/mol. The van der Waals surface area contributed by atoms with E-state index < -0.39 is 47.1 Å². The van der Waals surface area contributed by atoms with Gasteiger partial charge in [-0.15, -0.1) is 0 Å². The van der Waals surface area contributed by atoms with Crippen LogP contribution in [0.25, 0.3) is 0 Å². The Kier molecular flexibility index (Phi) is 12.6. The average Bonchev–Trinajstić information content (AvgIpc) is 2.90. The van der Waals surface area contributed by atoms with Crippen LogP contribution in [0.1, 0.15) is 56.7 Å². The van der Waals surface area contributed by atoms with E-state index in [-0.39, 0.29) is 37.4 Å². The van der Waals surface area contributed by atoms with Gasteiger partial charge < -0.3 is 27.0 Å². The summed E-state index contributed by atoms with van der Waals surface area (Å²) < 4.78 is 40.4. The second kappa shape index (κ2) is 15.4. The number of hydrogen-bond acceptors (Lipinski definition) is 5. The molecule has 0 aliphatic carbocycles. The summed E-state index contributed by atoms with van der Waals surface area (Å²) in [7, 11) is 0. The highest BCUT2D eigenvalue weighted by atomic mass is 19.3. The van der Waals surface area contributed by atoms with Crippen molar-refractivity contribution < 1.29 is 27.6 Å². The van der Waals surface area contributed by atoms with E-state index in [1.54, 1.807) is 20.8 Å². The van der Waals surface area contributed by atoms with E-state index in [2.05, 4.69) is 10.6 Å². The Labute approximate surface area is 233 Å². The summed E-state index contributed by atoms with van der Waals surface area (Å²) in [6.07, 6.45) is -2.38. The van der Waals surface area contributed by atoms with Crippen LogP contribution in [0.3, 0.4) is 0 Å². The van der Waals surface area contributed by atoms with Gasteiger partial charge in [-0.25, -0.2) is 13.2 Å². The zero-order valence-electron chi connectivity index (χ0n) is 23.3. The first-order chi connectivity index (χ1) is 18.9. The topological polar surface area (TPSA) is 131 Å². The smallest absolute Gasteiger partial charge is 0.266 e. The zero-order valence-corrected chi connectivity index (χ0v) is 23.3. The normalized spacial score (nSPS) is 13.0. The van der Waals surface area contributed by atoms with Crippen LogP contribution in [0, 0.1) is 11.7 Å². The molecule has 2 rings (SSSR count). The van der Waals surface area contributed by atoms with E-state index in [0.29, 0.717) is 19.5 Å². The maximum Gasteiger partial charge on any atom is 0.266 e. The number of rotatable bonds is 15. The van der Waals surface area contributed by atoms with Crippen LogP contribution in [0.4, 0.5) is 13.2 Å². The third-order valence-electron chi connectivity index (χ3n) is 6.67. The molecule has 0 saturated heterocycles. The first kappa shape index (κ1) is 32.8. The van der Waals surface area contributed by atoms with E-state index in [4.69, 9.17) is 11.5 Å². The van der Waals surface area contributed by atoms with Crippen molar-refractivity contribution in [3.63, 3.8) is 0 Å². The molecule has 0 fully saturated rings. The highest BCUT2D eigenvalue weighted by Crippen LogP contribution is 2.28. The maximum atomic E-state index is 13.9. The first-order valence-corrected chi connectivity index (χ1v) is 13.3. The second-order valence-corrected chi connectivity index (χ2v) is 10.3. The fourth-order valence-electron chi connectivity index (χ4n) is 4.26. The summed E-state index contributed by atoms with van der Waals surface area (Å²) in [6, 6.07) is 11.7. The molecule has 3 amide bonds. The van der Waals surface area contributed by atoms with Gasteiger partial charge in [-0.3, -0.25) is 14.4 Å². The Hall–Kier alpha value is -3.44. The van der Waals surface area contributed by atoms with Crippen LogP contribution in [0.2, 0.25) is 0 Å². The molecule has 0 saturated carbocycles. The number of carbonyl (C=O) groups excluding carboxylic acids is 3. The van der Waals surface area contributed by atoms with Gasteiger partial charge in [0.05, 0.1) is 11.1 Å². The number of benzene rings is 2. The molecule has 40 heavy (non-hydrogen) atoms. The molecule has 220 valence electrons. The molecule has 0 aliphatic heterocycles. The van der Waals surface area contributed by atoms with Crippen LogP contribution in [0.5, 0.6) is 0 Å². The van der Waals surface area contributed by atoms with Gasteiger partial charge in [0.2, 0.25) is 17.7 Å². The van der Waals surface area contributed by atoms with Gasteiger partial charge in [-0.05, 0) is 49.9 Å². The van der Waals surface area contributed by atoms with Gasteiger partial charge >= 0.3 is 0 Å². The molecule has 2 unspecified atom stereocenters. The van der Waals surface area contributed by atoms with Crippen LogP contribution in [-0.2, 0) is 26.3 Å². The van der Waals surface area contributed by atoms with Crippen molar-refractivity contribution in [3.8, 4) is 0 Å². The Bertz CT molecular complexity index is 1130. The molecule has 2 atom stereocenters. The minimum Gasteiger partial charge on any atom is -0.345 e. The molecule has 0 radical (unpaired) electrons. The number of nitrogens with two attached hydrogens (primary N) is 2. The number of aryl methyl sites for hydroxylation is 1. The predicted octanol–water partition coefficient (Wildman–Crippen LogP) is 3.00.